The van der Waals surface area contributed by atoms with Crippen LogP contribution >= 0.6 is 15.9 Å². The van der Waals surface area contributed by atoms with Gasteiger partial charge >= 0.3 is 0 Å². The number of sulfone groups is 1. The van der Waals surface area contributed by atoms with Crippen molar-refractivity contribution in [3.05, 3.63) is 28.2 Å². The first-order chi connectivity index (χ1) is 8.93. The van der Waals surface area contributed by atoms with E-state index >= 15 is 0 Å². The Balaban J connectivity index is 3.26. The van der Waals surface area contributed by atoms with Crippen LogP contribution in [0.2, 0.25) is 0 Å². The lowest BCUT2D eigenvalue weighted by molar-refractivity contribution is 0.472. The molecule has 2 N–H and O–H groups in total. The molecule has 0 fully saturated rings. The zero-order chi connectivity index (χ0) is 15.8. The summed E-state index contributed by atoms with van der Waals surface area (Å²) in [6.07, 6.45) is 1.25. The van der Waals surface area contributed by atoms with E-state index in [4.69, 9.17) is 11.0 Å². The van der Waals surface area contributed by atoms with Crippen molar-refractivity contribution in [1.82, 2.24) is 4.98 Å². The largest absolute Gasteiger partial charge is 0.321 e. The number of nitrogens with zero attached hydrogens (tertiary/aromatic N) is 2. The maximum absolute atomic E-state index is 13.7. The van der Waals surface area contributed by atoms with Crippen LogP contribution in [0.15, 0.2) is 16.7 Å². The lowest BCUT2D eigenvalue weighted by Crippen LogP contribution is -2.46. The summed E-state index contributed by atoms with van der Waals surface area (Å²) >= 11 is 3.14. The van der Waals surface area contributed by atoms with Crippen LogP contribution < -0.4 is 5.73 Å². The molecule has 1 heterocycles. The monoisotopic (exact) mass is 363 g/mol. The Morgan fingerprint density at radius 1 is 1.50 bits per heavy atom. The Labute approximate surface area is 126 Å². The molecule has 0 radical (unpaired) electrons. The van der Waals surface area contributed by atoms with Gasteiger partial charge in [-0.1, -0.05) is 0 Å². The first kappa shape index (κ1) is 17.0. The van der Waals surface area contributed by atoms with E-state index in [0.717, 1.165) is 0 Å². The summed E-state index contributed by atoms with van der Waals surface area (Å²) < 4.78 is 37.1. The van der Waals surface area contributed by atoms with Gasteiger partial charge in [-0.15, -0.1) is 0 Å². The van der Waals surface area contributed by atoms with Crippen molar-refractivity contribution in [3.63, 3.8) is 0 Å². The zero-order valence-electron chi connectivity index (χ0n) is 11.3. The average molecular weight is 364 g/mol. The van der Waals surface area contributed by atoms with Crippen molar-refractivity contribution in [2.75, 3.05) is 5.75 Å². The molecular weight excluding hydrogens is 349 g/mol. The predicted octanol–water partition coefficient (Wildman–Crippen LogP) is 1.87. The SMILES string of the molecule is CC(C)(C#N)S(=O)(=O)C[C@](C)(N)c1cc(Br)cnc1F. The Morgan fingerprint density at radius 2 is 2.05 bits per heavy atom. The highest BCUT2D eigenvalue weighted by atomic mass is 79.9. The molecule has 1 aromatic rings. The summed E-state index contributed by atoms with van der Waals surface area (Å²) in [4.78, 5) is 3.50. The van der Waals surface area contributed by atoms with Crippen LogP contribution in [0.1, 0.15) is 26.3 Å². The van der Waals surface area contributed by atoms with Crippen molar-refractivity contribution >= 4 is 25.8 Å². The molecule has 0 unspecified atom stereocenters. The van der Waals surface area contributed by atoms with Gasteiger partial charge in [-0.25, -0.2) is 13.4 Å². The van der Waals surface area contributed by atoms with Gasteiger partial charge in [0.1, 0.15) is 0 Å². The molecule has 20 heavy (non-hydrogen) atoms. The van der Waals surface area contributed by atoms with E-state index in [1.54, 1.807) is 6.07 Å². The molecule has 0 aliphatic rings. The Bertz CT molecular complexity index is 666. The summed E-state index contributed by atoms with van der Waals surface area (Å²) in [5.74, 6) is -1.39. The lowest BCUT2D eigenvalue weighted by Gasteiger charge is -2.28. The Morgan fingerprint density at radius 3 is 2.55 bits per heavy atom. The van der Waals surface area contributed by atoms with Gasteiger partial charge in [0.05, 0.1) is 17.4 Å². The quantitative estimate of drug-likeness (QED) is 0.823. The van der Waals surface area contributed by atoms with Crippen LogP contribution in [0.4, 0.5) is 4.39 Å². The van der Waals surface area contributed by atoms with Gasteiger partial charge in [0.25, 0.3) is 0 Å². The molecule has 0 aromatic carbocycles. The summed E-state index contributed by atoms with van der Waals surface area (Å²) in [5, 5.41) is 8.93. The maximum atomic E-state index is 13.7. The topological polar surface area (TPSA) is 96.8 Å². The number of halogens is 2. The molecule has 0 saturated carbocycles. The highest BCUT2D eigenvalue weighted by Gasteiger charge is 2.41. The van der Waals surface area contributed by atoms with E-state index in [2.05, 4.69) is 20.9 Å². The number of hydrogen-bond acceptors (Lipinski definition) is 5. The minimum atomic E-state index is -3.84. The standard InChI is InChI=1S/C12H15BrFN3O2S/c1-11(2,6-15)20(18,19)7-12(3,16)9-4-8(13)5-17-10(9)14/h4-5H,7,16H2,1-3H3/t12-/m0/s1. The number of hydrogen-bond donors (Lipinski definition) is 1. The second-order valence-corrected chi connectivity index (χ2v) is 8.75. The normalized spacial score (nSPS) is 15.4. The second-order valence-electron chi connectivity index (χ2n) is 5.29. The van der Waals surface area contributed by atoms with E-state index in [9.17, 15) is 12.8 Å². The third-order valence-corrected chi connectivity index (χ3v) is 6.02. The molecule has 0 aliphatic heterocycles. The highest BCUT2D eigenvalue weighted by molar-refractivity contribution is 9.10. The molecule has 1 rings (SSSR count). The van der Waals surface area contributed by atoms with Crippen LogP contribution in [0.25, 0.3) is 0 Å². The maximum Gasteiger partial charge on any atom is 0.217 e. The molecule has 0 amide bonds. The summed E-state index contributed by atoms with van der Waals surface area (Å²) in [6, 6.07) is 3.11. The number of aromatic nitrogens is 1. The van der Waals surface area contributed by atoms with E-state index < -0.39 is 31.8 Å². The van der Waals surface area contributed by atoms with Gasteiger partial charge < -0.3 is 5.73 Å². The smallest absolute Gasteiger partial charge is 0.217 e. The van der Waals surface area contributed by atoms with Crippen molar-refractivity contribution in [3.8, 4) is 6.07 Å². The third kappa shape index (κ3) is 3.34. The number of nitriles is 1. The summed E-state index contributed by atoms with van der Waals surface area (Å²) in [7, 11) is -3.84. The molecular formula is C12H15BrFN3O2S. The van der Waals surface area contributed by atoms with Crippen LogP contribution in [-0.4, -0.2) is 23.9 Å². The molecule has 0 bridgehead atoms. The molecule has 0 saturated heterocycles. The number of rotatable bonds is 4. The fourth-order valence-corrected chi connectivity index (χ4v) is 3.32. The number of pyridine rings is 1. The van der Waals surface area contributed by atoms with Crippen molar-refractivity contribution in [2.45, 2.75) is 31.1 Å². The van der Waals surface area contributed by atoms with Crippen LogP contribution in [0, 0.1) is 17.3 Å². The van der Waals surface area contributed by atoms with Gasteiger partial charge in [0.2, 0.25) is 5.95 Å². The molecule has 5 nitrogen and oxygen atoms in total. The van der Waals surface area contributed by atoms with Crippen LogP contribution in [-0.2, 0) is 15.4 Å². The van der Waals surface area contributed by atoms with Gasteiger partial charge in [-0.05, 0) is 42.8 Å². The summed E-state index contributed by atoms with van der Waals surface area (Å²) in [6.45, 7) is 3.96. The second kappa shape index (κ2) is 5.39. The van der Waals surface area contributed by atoms with E-state index in [0.29, 0.717) is 4.47 Å². The van der Waals surface area contributed by atoms with Gasteiger partial charge in [0, 0.05) is 16.2 Å². The van der Waals surface area contributed by atoms with Crippen molar-refractivity contribution in [1.29, 1.82) is 5.26 Å². The van der Waals surface area contributed by atoms with E-state index in [1.165, 1.54) is 33.0 Å². The number of nitrogens with two attached hydrogens (primary N) is 1. The summed E-state index contributed by atoms with van der Waals surface area (Å²) in [5.41, 5.74) is 4.44. The zero-order valence-corrected chi connectivity index (χ0v) is 13.7. The highest BCUT2D eigenvalue weighted by Crippen LogP contribution is 2.28. The first-order valence-corrected chi connectivity index (χ1v) is 8.11. The molecule has 0 aliphatic carbocycles. The molecule has 1 aromatic heterocycles. The Kier molecular flexibility index (Phi) is 4.58. The van der Waals surface area contributed by atoms with Gasteiger partial charge in [-0.2, -0.15) is 9.65 Å². The minimum absolute atomic E-state index is 0.0239. The lowest BCUT2D eigenvalue weighted by atomic mass is 9.97. The van der Waals surface area contributed by atoms with Crippen LogP contribution in [0.3, 0.4) is 0 Å². The average Bonchev–Trinajstić information content (AvgIpc) is 2.30. The van der Waals surface area contributed by atoms with Crippen LogP contribution in [0.5, 0.6) is 0 Å². The van der Waals surface area contributed by atoms with Crippen molar-refractivity contribution < 1.29 is 12.8 Å². The Hall–Kier alpha value is -1.04. The molecule has 110 valence electrons. The fourth-order valence-electron chi connectivity index (χ4n) is 1.55. The molecule has 1 atom stereocenters. The molecule has 0 spiro atoms. The predicted molar refractivity (Wildman–Crippen MR) is 76.9 cm³/mol. The van der Waals surface area contributed by atoms with Crippen molar-refractivity contribution in [2.24, 2.45) is 5.73 Å². The van der Waals surface area contributed by atoms with E-state index in [-0.39, 0.29) is 5.56 Å². The van der Waals surface area contributed by atoms with Gasteiger partial charge in [-0.3, -0.25) is 0 Å². The minimum Gasteiger partial charge on any atom is -0.321 e. The van der Waals surface area contributed by atoms with E-state index in [1.807, 2.05) is 0 Å². The third-order valence-electron chi connectivity index (χ3n) is 2.96. The first-order valence-electron chi connectivity index (χ1n) is 5.67. The fraction of sp³-hybridized carbons (Fsp3) is 0.500. The molecule has 8 heteroatoms. The van der Waals surface area contributed by atoms with Gasteiger partial charge in [0.15, 0.2) is 14.6 Å².